The Labute approximate surface area is 87.1 Å². The van der Waals surface area contributed by atoms with Gasteiger partial charge >= 0.3 is 7.94 Å². The molecule has 6 N–H and O–H groups in total. The molecular weight excluding hydrogens is 227 g/mol. The van der Waals surface area contributed by atoms with Gasteiger partial charge in [-0.05, 0) is 0 Å². The maximum absolute atomic E-state index is 9.44. The SMILES string of the molecule is O[C@H]1[C@H](O)[C@@H](CC[P+](O)(O)O)OC[C@H]1O. The van der Waals surface area contributed by atoms with E-state index in [-0.39, 0.29) is 19.2 Å². The van der Waals surface area contributed by atoms with Crippen molar-refractivity contribution in [1.29, 1.82) is 0 Å². The van der Waals surface area contributed by atoms with Crippen LogP contribution < -0.4 is 0 Å². The standard InChI is InChI=1S/C7H16O7P/c8-4-3-14-5(7(10)6(4)9)1-2-15(11,12)13/h4-13H,1-3H2/q+1/t4-,5-,6-,7-/m1/s1. The highest BCUT2D eigenvalue weighted by molar-refractivity contribution is 7.58. The van der Waals surface area contributed by atoms with Crippen molar-refractivity contribution in [3.8, 4) is 0 Å². The van der Waals surface area contributed by atoms with E-state index in [2.05, 4.69) is 0 Å². The Hall–Kier alpha value is 0.150. The van der Waals surface area contributed by atoms with Crippen molar-refractivity contribution in [2.45, 2.75) is 30.8 Å². The first-order valence-electron chi connectivity index (χ1n) is 4.53. The second kappa shape index (κ2) is 4.99. The molecule has 15 heavy (non-hydrogen) atoms. The van der Waals surface area contributed by atoms with Gasteiger partial charge in [0, 0.05) is 6.42 Å². The fourth-order valence-electron chi connectivity index (χ4n) is 1.42. The van der Waals surface area contributed by atoms with E-state index in [1.54, 1.807) is 0 Å². The third-order valence-corrected chi connectivity index (χ3v) is 3.18. The summed E-state index contributed by atoms with van der Waals surface area (Å²) in [5.41, 5.74) is 0. The Morgan fingerprint density at radius 3 is 2.20 bits per heavy atom. The average Bonchev–Trinajstić information content (AvgIpc) is 2.12. The molecule has 1 heterocycles. The van der Waals surface area contributed by atoms with Crippen LogP contribution in [0.5, 0.6) is 0 Å². The molecule has 8 heteroatoms. The number of hydrogen-bond donors (Lipinski definition) is 6. The van der Waals surface area contributed by atoms with Gasteiger partial charge in [-0.3, -0.25) is 0 Å². The van der Waals surface area contributed by atoms with Crippen LogP contribution in [-0.4, -0.2) is 67.2 Å². The molecule has 0 radical (unpaired) electrons. The van der Waals surface area contributed by atoms with Crippen LogP contribution in [0, 0.1) is 0 Å². The number of rotatable bonds is 3. The zero-order valence-corrected chi connectivity index (χ0v) is 8.86. The maximum Gasteiger partial charge on any atom is 0.403 e. The molecule has 0 saturated carbocycles. The Balaban J connectivity index is 2.43. The second-order valence-corrected chi connectivity index (χ2v) is 5.46. The predicted octanol–water partition coefficient (Wildman–Crippen LogP) is -2.40. The van der Waals surface area contributed by atoms with Gasteiger partial charge in [-0.15, -0.1) is 0 Å². The summed E-state index contributed by atoms with van der Waals surface area (Å²) in [4.78, 5) is 26.2. The van der Waals surface area contributed by atoms with Gasteiger partial charge in [0.2, 0.25) is 0 Å². The summed E-state index contributed by atoms with van der Waals surface area (Å²) in [6.45, 7) is -0.128. The summed E-state index contributed by atoms with van der Waals surface area (Å²) in [6, 6.07) is 0. The first-order chi connectivity index (χ1) is 6.81. The van der Waals surface area contributed by atoms with E-state index in [9.17, 15) is 10.2 Å². The van der Waals surface area contributed by atoms with Gasteiger partial charge in [0.25, 0.3) is 0 Å². The van der Waals surface area contributed by atoms with Gasteiger partial charge in [0.15, 0.2) is 0 Å². The number of hydrogen-bond acceptors (Lipinski definition) is 7. The van der Waals surface area contributed by atoms with E-state index in [1.165, 1.54) is 0 Å². The lowest BCUT2D eigenvalue weighted by atomic mass is 9.99. The molecule has 0 bridgehead atoms. The van der Waals surface area contributed by atoms with Gasteiger partial charge in [-0.2, -0.15) is 14.7 Å². The monoisotopic (exact) mass is 243 g/mol. The molecule has 90 valence electrons. The minimum Gasteiger partial charge on any atom is -0.388 e. The van der Waals surface area contributed by atoms with E-state index >= 15 is 0 Å². The zero-order chi connectivity index (χ0) is 11.6. The molecule has 0 aromatic carbocycles. The van der Waals surface area contributed by atoms with Crippen molar-refractivity contribution in [2.24, 2.45) is 0 Å². The van der Waals surface area contributed by atoms with Gasteiger partial charge < -0.3 is 20.1 Å². The smallest absolute Gasteiger partial charge is 0.388 e. The Kier molecular flexibility index (Phi) is 4.39. The highest BCUT2D eigenvalue weighted by Gasteiger charge is 2.40. The fraction of sp³-hybridized carbons (Fsp3) is 1.00. The molecule has 4 atom stereocenters. The Morgan fingerprint density at radius 1 is 1.07 bits per heavy atom. The summed E-state index contributed by atoms with van der Waals surface area (Å²) in [7, 11) is -3.88. The number of aliphatic hydroxyl groups is 3. The third kappa shape index (κ3) is 3.90. The van der Waals surface area contributed by atoms with Crippen LogP contribution in [-0.2, 0) is 4.74 Å². The predicted molar refractivity (Wildman–Crippen MR) is 50.8 cm³/mol. The molecule has 1 fully saturated rings. The first kappa shape index (κ1) is 13.2. The second-order valence-electron chi connectivity index (χ2n) is 3.63. The molecule has 0 amide bonds. The molecule has 0 unspecified atom stereocenters. The van der Waals surface area contributed by atoms with Crippen LogP contribution in [0.3, 0.4) is 0 Å². The first-order valence-corrected chi connectivity index (χ1v) is 6.36. The molecular formula is C7H16O7P+. The largest absolute Gasteiger partial charge is 0.403 e. The topological polar surface area (TPSA) is 131 Å². The lowest BCUT2D eigenvalue weighted by molar-refractivity contribution is -0.187. The van der Waals surface area contributed by atoms with Crippen LogP contribution in [0.1, 0.15) is 6.42 Å². The van der Waals surface area contributed by atoms with Crippen LogP contribution in [0.15, 0.2) is 0 Å². The van der Waals surface area contributed by atoms with Gasteiger partial charge in [0.05, 0.1) is 12.7 Å². The van der Waals surface area contributed by atoms with Crippen LogP contribution in [0.2, 0.25) is 0 Å². The minimum atomic E-state index is -3.88. The van der Waals surface area contributed by atoms with E-state index in [0.29, 0.717) is 0 Å². The summed E-state index contributed by atoms with van der Waals surface area (Å²) < 4.78 is 4.99. The molecule has 1 aliphatic rings. The molecule has 0 aromatic rings. The van der Waals surface area contributed by atoms with Crippen molar-refractivity contribution >= 4 is 7.94 Å². The van der Waals surface area contributed by atoms with Crippen molar-refractivity contribution in [1.82, 2.24) is 0 Å². The van der Waals surface area contributed by atoms with Crippen molar-refractivity contribution in [2.75, 3.05) is 12.8 Å². The number of aliphatic hydroxyl groups excluding tert-OH is 3. The quantitative estimate of drug-likeness (QED) is 0.304. The maximum atomic E-state index is 9.44. The van der Waals surface area contributed by atoms with Crippen LogP contribution in [0.4, 0.5) is 0 Å². The lowest BCUT2D eigenvalue weighted by Crippen LogP contribution is -2.53. The van der Waals surface area contributed by atoms with E-state index < -0.39 is 32.4 Å². The zero-order valence-electron chi connectivity index (χ0n) is 7.97. The van der Waals surface area contributed by atoms with Gasteiger partial charge in [0.1, 0.15) is 24.5 Å². The summed E-state index contributed by atoms with van der Waals surface area (Å²) >= 11 is 0. The van der Waals surface area contributed by atoms with Crippen molar-refractivity contribution < 1.29 is 34.7 Å². The van der Waals surface area contributed by atoms with Crippen LogP contribution in [0.25, 0.3) is 0 Å². The highest BCUT2D eigenvalue weighted by atomic mass is 31.2. The lowest BCUT2D eigenvalue weighted by Gasteiger charge is -2.35. The van der Waals surface area contributed by atoms with E-state index in [1.807, 2.05) is 0 Å². The van der Waals surface area contributed by atoms with E-state index in [4.69, 9.17) is 24.5 Å². The molecule has 1 aliphatic heterocycles. The minimum absolute atomic E-state index is 0.00221. The molecule has 0 spiro atoms. The van der Waals surface area contributed by atoms with Gasteiger partial charge in [-0.25, -0.2) is 0 Å². The molecule has 1 saturated heterocycles. The summed E-state index contributed by atoms with van der Waals surface area (Å²) in [5, 5.41) is 27.8. The average molecular weight is 243 g/mol. The molecule has 0 aliphatic carbocycles. The summed E-state index contributed by atoms with van der Waals surface area (Å²) in [6.07, 6.45) is -4.87. The molecule has 0 aromatic heterocycles. The Morgan fingerprint density at radius 2 is 1.67 bits per heavy atom. The van der Waals surface area contributed by atoms with Crippen molar-refractivity contribution in [3.63, 3.8) is 0 Å². The fourth-order valence-corrected chi connectivity index (χ4v) is 2.02. The van der Waals surface area contributed by atoms with Gasteiger partial charge in [-0.1, -0.05) is 0 Å². The normalized spacial score (nSPS) is 38.0. The molecule has 1 rings (SSSR count). The van der Waals surface area contributed by atoms with E-state index in [0.717, 1.165) is 0 Å². The van der Waals surface area contributed by atoms with Crippen LogP contribution >= 0.6 is 7.94 Å². The summed E-state index contributed by atoms with van der Waals surface area (Å²) in [5.74, 6) is 0. The van der Waals surface area contributed by atoms with Crippen molar-refractivity contribution in [3.05, 3.63) is 0 Å². The molecule has 7 nitrogen and oxygen atoms in total. The highest BCUT2D eigenvalue weighted by Crippen LogP contribution is 2.45. The third-order valence-electron chi connectivity index (χ3n) is 2.32. The number of ether oxygens (including phenoxy) is 1. The Bertz CT molecular complexity index is 206.